The van der Waals surface area contributed by atoms with Crippen molar-refractivity contribution >= 4 is 5.91 Å². The van der Waals surface area contributed by atoms with E-state index in [2.05, 4.69) is 25.8 Å². The molecule has 20 heavy (non-hydrogen) atoms. The van der Waals surface area contributed by atoms with Crippen LogP contribution in [0.5, 0.6) is 5.75 Å². The Hall–Kier alpha value is -1.55. The molecule has 0 radical (unpaired) electrons. The van der Waals surface area contributed by atoms with Crippen LogP contribution >= 0.6 is 0 Å². The molecule has 2 unspecified atom stereocenters. The number of carbonyl (C=O) groups excluding carboxylic acids is 1. The standard InChI is InChI=1S/C16H24N2O2/c1-12-10-18(11-13(2)17(12)3)16(19)9-14-7-5-6-8-15(14)20-4/h5-8,12-13H,9-11H2,1-4H3. The van der Waals surface area contributed by atoms with Crippen molar-refractivity contribution in [2.45, 2.75) is 32.4 Å². The maximum atomic E-state index is 12.5. The zero-order valence-electron chi connectivity index (χ0n) is 12.8. The van der Waals surface area contributed by atoms with Gasteiger partial charge in [0, 0.05) is 30.7 Å². The van der Waals surface area contributed by atoms with E-state index < -0.39 is 0 Å². The Balaban J connectivity index is 2.05. The van der Waals surface area contributed by atoms with Crippen LogP contribution in [0.1, 0.15) is 19.4 Å². The lowest BCUT2D eigenvalue weighted by Crippen LogP contribution is -2.56. The van der Waals surface area contributed by atoms with Crippen molar-refractivity contribution in [1.29, 1.82) is 0 Å². The van der Waals surface area contributed by atoms with Gasteiger partial charge in [-0.05, 0) is 27.0 Å². The molecular formula is C16H24N2O2. The second kappa shape index (κ2) is 6.27. The second-order valence-corrected chi connectivity index (χ2v) is 5.65. The fourth-order valence-corrected chi connectivity index (χ4v) is 2.73. The Bertz CT molecular complexity index is 463. The maximum Gasteiger partial charge on any atom is 0.227 e. The highest BCUT2D eigenvalue weighted by Gasteiger charge is 2.29. The van der Waals surface area contributed by atoms with Crippen LogP contribution in [0.25, 0.3) is 0 Å². The molecule has 4 heteroatoms. The number of piperazine rings is 1. The minimum Gasteiger partial charge on any atom is -0.496 e. The molecular weight excluding hydrogens is 252 g/mol. The predicted molar refractivity (Wildman–Crippen MR) is 80.0 cm³/mol. The molecule has 0 aromatic heterocycles. The van der Waals surface area contributed by atoms with Crippen molar-refractivity contribution < 1.29 is 9.53 Å². The van der Waals surface area contributed by atoms with E-state index in [1.807, 2.05) is 29.2 Å². The van der Waals surface area contributed by atoms with Crippen molar-refractivity contribution in [3.05, 3.63) is 29.8 Å². The van der Waals surface area contributed by atoms with Crippen LogP contribution in [0.15, 0.2) is 24.3 Å². The van der Waals surface area contributed by atoms with E-state index in [9.17, 15) is 4.79 Å². The highest BCUT2D eigenvalue weighted by molar-refractivity contribution is 5.79. The summed E-state index contributed by atoms with van der Waals surface area (Å²) in [4.78, 5) is 16.8. The van der Waals surface area contributed by atoms with Gasteiger partial charge >= 0.3 is 0 Å². The summed E-state index contributed by atoms with van der Waals surface area (Å²) in [7, 11) is 3.76. The lowest BCUT2D eigenvalue weighted by Gasteiger charge is -2.42. The van der Waals surface area contributed by atoms with E-state index >= 15 is 0 Å². The zero-order chi connectivity index (χ0) is 14.7. The number of benzene rings is 1. The molecule has 2 rings (SSSR count). The van der Waals surface area contributed by atoms with Gasteiger partial charge in [0.25, 0.3) is 0 Å². The third-order valence-corrected chi connectivity index (χ3v) is 4.25. The minimum absolute atomic E-state index is 0.182. The van der Waals surface area contributed by atoms with Crippen molar-refractivity contribution in [1.82, 2.24) is 9.80 Å². The number of ether oxygens (including phenoxy) is 1. The van der Waals surface area contributed by atoms with E-state index in [1.54, 1.807) is 7.11 Å². The molecule has 0 bridgehead atoms. The average Bonchev–Trinajstić information content (AvgIpc) is 2.44. The van der Waals surface area contributed by atoms with Crippen LogP contribution in [0.3, 0.4) is 0 Å². The summed E-state index contributed by atoms with van der Waals surface area (Å²) < 4.78 is 5.31. The van der Waals surface area contributed by atoms with Gasteiger partial charge in [-0.2, -0.15) is 0 Å². The molecule has 1 fully saturated rings. The molecule has 1 aromatic carbocycles. The van der Waals surface area contributed by atoms with Crippen molar-refractivity contribution in [2.24, 2.45) is 0 Å². The molecule has 0 N–H and O–H groups in total. The van der Waals surface area contributed by atoms with E-state index in [-0.39, 0.29) is 5.91 Å². The first-order valence-electron chi connectivity index (χ1n) is 7.14. The molecule has 1 saturated heterocycles. The molecule has 1 aromatic rings. The number of amides is 1. The minimum atomic E-state index is 0.182. The van der Waals surface area contributed by atoms with Gasteiger partial charge in [0.1, 0.15) is 5.75 Å². The summed E-state index contributed by atoms with van der Waals surface area (Å²) in [5.74, 6) is 0.970. The number of hydrogen-bond donors (Lipinski definition) is 0. The molecule has 1 aliphatic heterocycles. The summed E-state index contributed by atoms with van der Waals surface area (Å²) in [5.41, 5.74) is 0.958. The third-order valence-electron chi connectivity index (χ3n) is 4.25. The molecule has 110 valence electrons. The zero-order valence-corrected chi connectivity index (χ0v) is 12.8. The molecule has 2 atom stereocenters. The van der Waals surface area contributed by atoms with Crippen LogP contribution in [0.2, 0.25) is 0 Å². The van der Waals surface area contributed by atoms with Gasteiger partial charge in [-0.3, -0.25) is 9.69 Å². The summed E-state index contributed by atoms with van der Waals surface area (Å²) in [6.45, 7) is 5.93. The molecule has 1 aliphatic rings. The van der Waals surface area contributed by atoms with Crippen LogP contribution in [0.4, 0.5) is 0 Å². The Morgan fingerprint density at radius 1 is 1.25 bits per heavy atom. The molecule has 0 spiro atoms. The van der Waals surface area contributed by atoms with Crippen molar-refractivity contribution in [3.8, 4) is 5.75 Å². The molecule has 1 heterocycles. The maximum absolute atomic E-state index is 12.5. The number of nitrogens with zero attached hydrogens (tertiary/aromatic N) is 2. The number of para-hydroxylation sites is 1. The smallest absolute Gasteiger partial charge is 0.227 e. The number of methoxy groups -OCH3 is 1. The second-order valence-electron chi connectivity index (χ2n) is 5.65. The van der Waals surface area contributed by atoms with Gasteiger partial charge in [-0.1, -0.05) is 18.2 Å². The topological polar surface area (TPSA) is 32.8 Å². The normalized spacial score (nSPS) is 23.7. The SMILES string of the molecule is COc1ccccc1CC(=O)N1CC(C)N(C)C(C)C1. The summed E-state index contributed by atoms with van der Waals surface area (Å²) in [6, 6.07) is 8.53. The Kier molecular flexibility index (Phi) is 4.65. The first-order valence-corrected chi connectivity index (χ1v) is 7.14. The number of rotatable bonds is 3. The number of likely N-dealkylation sites (N-methyl/N-ethyl adjacent to an activating group) is 1. The van der Waals surface area contributed by atoms with E-state index in [1.165, 1.54) is 0 Å². The number of carbonyl (C=O) groups is 1. The van der Waals surface area contributed by atoms with Crippen molar-refractivity contribution in [2.75, 3.05) is 27.2 Å². The van der Waals surface area contributed by atoms with Crippen LogP contribution in [-0.4, -0.2) is 55.0 Å². The largest absolute Gasteiger partial charge is 0.496 e. The lowest BCUT2D eigenvalue weighted by molar-refractivity contribution is -0.134. The average molecular weight is 276 g/mol. The summed E-state index contributed by atoms with van der Waals surface area (Å²) >= 11 is 0. The van der Waals surface area contributed by atoms with Crippen molar-refractivity contribution in [3.63, 3.8) is 0 Å². The fraction of sp³-hybridized carbons (Fsp3) is 0.562. The number of hydrogen-bond acceptors (Lipinski definition) is 3. The first kappa shape index (κ1) is 14.9. The van der Waals surface area contributed by atoms with Gasteiger partial charge in [0.05, 0.1) is 13.5 Å². The lowest BCUT2D eigenvalue weighted by atomic mass is 10.1. The van der Waals surface area contributed by atoms with E-state index in [0.717, 1.165) is 24.4 Å². The quantitative estimate of drug-likeness (QED) is 0.844. The van der Waals surface area contributed by atoms with Gasteiger partial charge < -0.3 is 9.64 Å². The predicted octanol–water partition coefficient (Wildman–Crippen LogP) is 1.79. The summed E-state index contributed by atoms with van der Waals surface area (Å²) in [6.07, 6.45) is 0.410. The van der Waals surface area contributed by atoms with Gasteiger partial charge in [0.15, 0.2) is 0 Å². The Morgan fingerprint density at radius 2 is 1.85 bits per heavy atom. The Morgan fingerprint density at radius 3 is 2.45 bits per heavy atom. The first-order chi connectivity index (χ1) is 9.52. The monoisotopic (exact) mass is 276 g/mol. The summed E-state index contributed by atoms with van der Waals surface area (Å²) in [5, 5.41) is 0. The van der Waals surface area contributed by atoms with Gasteiger partial charge in [-0.25, -0.2) is 0 Å². The van der Waals surface area contributed by atoms with Gasteiger partial charge in [0.2, 0.25) is 5.91 Å². The highest BCUT2D eigenvalue weighted by Crippen LogP contribution is 2.20. The van der Waals surface area contributed by atoms with E-state index in [0.29, 0.717) is 18.5 Å². The van der Waals surface area contributed by atoms with Crippen LogP contribution in [0, 0.1) is 0 Å². The molecule has 0 aliphatic carbocycles. The van der Waals surface area contributed by atoms with E-state index in [4.69, 9.17) is 4.74 Å². The van der Waals surface area contributed by atoms with Gasteiger partial charge in [-0.15, -0.1) is 0 Å². The Labute approximate surface area is 121 Å². The highest BCUT2D eigenvalue weighted by atomic mass is 16.5. The van der Waals surface area contributed by atoms with Crippen LogP contribution in [-0.2, 0) is 11.2 Å². The van der Waals surface area contributed by atoms with Crippen LogP contribution < -0.4 is 4.74 Å². The molecule has 4 nitrogen and oxygen atoms in total. The fourth-order valence-electron chi connectivity index (χ4n) is 2.73. The molecule has 1 amide bonds. The molecule has 0 saturated carbocycles. The third kappa shape index (κ3) is 3.12.